The fraction of sp³-hybridized carbons (Fsp3) is 0.0833. The molecule has 0 unspecified atom stereocenters. The first kappa shape index (κ1) is 14.2. The monoisotopic (exact) mass is 359 g/mol. The molecule has 19 heavy (non-hydrogen) atoms. The number of halogens is 3. The molecule has 1 amide bonds. The van der Waals surface area contributed by atoms with Crippen molar-refractivity contribution in [3.63, 3.8) is 0 Å². The van der Waals surface area contributed by atoms with E-state index in [4.69, 9.17) is 23.2 Å². The topological polar surface area (TPSA) is 54.9 Å². The van der Waals surface area contributed by atoms with Crippen molar-refractivity contribution in [2.45, 2.75) is 6.92 Å². The molecule has 0 radical (unpaired) electrons. The number of rotatable bonds is 2. The van der Waals surface area contributed by atoms with E-state index in [0.29, 0.717) is 11.4 Å². The molecule has 0 aromatic carbocycles. The number of anilines is 1. The lowest BCUT2D eigenvalue weighted by atomic mass is 10.2. The molecule has 0 bridgehead atoms. The summed E-state index contributed by atoms with van der Waals surface area (Å²) in [5.74, 6) is 0.107. The molecule has 7 heteroatoms. The molecule has 0 aliphatic rings. The number of hydrogen-bond acceptors (Lipinski definition) is 3. The van der Waals surface area contributed by atoms with Gasteiger partial charge in [0, 0.05) is 10.0 Å². The SMILES string of the molecule is Cc1nc(NC(=O)c2cc(Cl)nc(Cl)c2)ccc1Br. The second kappa shape index (κ2) is 5.86. The van der Waals surface area contributed by atoms with Gasteiger partial charge in [-0.2, -0.15) is 0 Å². The smallest absolute Gasteiger partial charge is 0.257 e. The van der Waals surface area contributed by atoms with E-state index >= 15 is 0 Å². The maximum atomic E-state index is 12.0. The van der Waals surface area contributed by atoms with Gasteiger partial charge in [-0.15, -0.1) is 0 Å². The van der Waals surface area contributed by atoms with Crippen molar-refractivity contribution in [1.29, 1.82) is 0 Å². The number of hydrogen-bond donors (Lipinski definition) is 1. The summed E-state index contributed by atoms with van der Waals surface area (Å²) in [6.45, 7) is 1.83. The fourth-order valence-corrected chi connectivity index (χ4v) is 2.08. The van der Waals surface area contributed by atoms with Crippen LogP contribution >= 0.6 is 39.1 Å². The Kier molecular flexibility index (Phi) is 4.39. The highest BCUT2D eigenvalue weighted by molar-refractivity contribution is 9.10. The standard InChI is InChI=1S/C12H8BrCl2N3O/c1-6-8(13)2-3-11(16-6)18-12(19)7-4-9(14)17-10(15)5-7/h2-5H,1H3,(H,16,18,19). The van der Waals surface area contributed by atoms with Crippen molar-refractivity contribution in [2.24, 2.45) is 0 Å². The third-order valence-corrected chi connectivity index (χ3v) is 3.51. The van der Waals surface area contributed by atoms with Gasteiger partial charge in [0.1, 0.15) is 16.1 Å². The first-order chi connectivity index (χ1) is 8.95. The molecule has 0 fully saturated rings. The zero-order valence-corrected chi connectivity index (χ0v) is 12.8. The van der Waals surface area contributed by atoms with Crippen molar-refractivity contribution in [3.8, 4) is 0 Å². The van der Waals surface area contributed by atoms with Gasteiger partial charge in [-0.25, -0.2) is 9.97 Å². The number of amides is 1. The van der Waals surface area contributed by atoms with Crippen molar-refractivity contribution in [2.75, 3.05) is 5.32 Å². The van der Waals surface area contributed by atoms with Gasteiger partial charge in [-0.1, -0.05) is 23.2 Å². The molecule has 0 atom stereocenters. The molecular weight excluding hydrogens is 353 g/mol. The van der Waals surface area contributed by atoms with Crippen LogP contribution in [0, 0.1) is 6.92 Å². The van der Waals surface area contributed by atoms with Gasteiger partial charge in [-0.05, 0) is 47.1 Å². The normalized spacial score (nSPS) is 10.3. The van der Waals surface area contributed by atoms with E-state index in [1.165, 1.54) is 12.1 Å². The van der Waals surface area contributed by atoms with Crippen molar-refractivity contribution in [1.82, 2.24) is 9.97 Å². The number of pyridine rings is 2. The molecular formula is C12H8BrCl2N3O. The predicted octanol–water partition coefficient (Wildman–Crippen LogP) is 4.11. The fourth-order valence-electron chi connectivity index (χ4n) is 1.40. The van der Waals surface area contributed by atoms with Crippen LogP contribution in [-0.4, -0.2) is 15.9 Å². The summed E-state index contributed by atoms with van der Waals surface area (Å²) >= 11 is 14.8. The van der Waals surface area contributed by atoms with Crippen LogP contribution in [-0.2, 0) is 0 Å². The third kappa shape index (κ3) is 3.65. The molecule has 2 heterocycles. The van der Waals surface area contributed by atoms with E-state index in [9.17, 15) is 4.79 Å². The van der Waals surface area contributed by atoms with Gasteiger partial charge in [-0.3, -0.25) is 4.79 Å². The van der Waals surface area contributed by atoms with Crippen molar-refractivity contribution < 1.29 is 4.79 Å². The quantitative estimate of drug-likeness (QED) is 0.820. The highest BCUT2D eigenvalue weighted by Gasteiger charge is 2.10. The second-order valence-corrected chi connectivity index (χ2v) is 5.35. The molecule has 0 aliphatic carbocycles. The first-order valence-corrected chi connectivity index (χ1v) is 6.78. The maximum Gasteiger partial charge on any atom is 0.257 e. The summed E-state index contributed by atoms with van der Waals surface area (Å²) in [4.78, 5) is 20.0. The molecule has 0 saturated carbocycles. The zero-order valence-electron chi connectivity index (χ0n) is 9.75. The third-order valence-electron chi connectivity index (χ3n) is 2.29. The molecule has 2 aromatic rings. The van der Waals surface area contributed by atoms with Gasteiger partial charge in [0.05, 0.1) is 5.69 Å². The first-order valence-electron chi connectivity index (χ1n) is 5.23. The Morgan fingerprint density at radius 1 is 1.21 bits per heavy atom. The van der Waals surface area contributed by atoms with Crippen molar-refractivity contribution in [3.05, 3.63) is 50.3 Å². The lowest BCUT2D eigenvalue weighted by Gasteiger charge is -2.06. The lowest BCUT2D eigenvalue weighted by Crippen LogP contribution is -2.13. The van der Waals surface area contributed by atoms with Crippen LogP contribution in [0.2, 0.25) is 10.3 Å². The molecule has 2 aromatic heterocycles. The van der Waals surface area contributed by atoms with Gasteiger partial charge in [0.15, 0.2) is 0 Å². The van der Waals surface area contributed by atoms with E-state index in [0.717, 1.165) is 10.2 Å². The number of carbonyl (C=O) groups excluding carboxylic acids is 1. The summed E-state index contributed by atoms with van der Waals surface area (Å²) < 4.78 is 0.875. The molecule has 0 aliphatic heterocycles. The second-order valence-electron chi connectivity index (χ2n) is 3.72. The summed E-state index contributed by atoms with van der Waals surface area (Å²) in [5.41, 5.74) is 1.11. The number of carbonyl (C=O) groups is 1. The Balaban J connectivity index is 2.22. The van der Waals surface area contributed by atoms with Crippen LogP contribution in [0.5, 0.6) is 0 Å². The number of nitrogens with zero attached hydrogens (tertiary/aromatic N) is 2. The Morgan fingerprint density at radius 2 is 1.84 bits per heavy atom. The Hall–Kier alpha value is -1.17. The predicted molar refractivity (Wildman–Crippen MR) is 78.9 cm³/mol. The highest BCUT2D eigenvalue weighted by Crippen LogP contribution is 2.18. The minimum atomic E-state index is -0.347. The van der Waals surface area contributed by atoms with Gasteiger partial charge >= 0.3 is 0 Å². The van der Waals surface area contributed by atoms with Gasteiger partial charge in [0.2, 0.25) is 0 Å². The van der Waals surface area contributed by atoms with Gasteiger partial charge in [0.25, 0.3) is 5.91 Å². The largest absolute Gasteiger partial charge is 0.307 e. The van der Waals surface area contributed by atoms with Crippen LogP contribution in [0.3, 0.4) is 0 Å². The number of aryl methyl sites for hydroxylation is 1. The molecule has 98 valence electrons. The van der Waals surface area contributed by atoms with Gasteiger partial charge < -0.3 is 5.32 Å². The van der Waals surface area contributed by atoms with Crippen LogP contribution in [0.4, 0.5) is 5.82 Å². The molecule has 0 spiro atoms. The number of aromatic nitrogens is 2. The number of nitrogens with one attached hydrogen (secondary N) is 1. The van der Waals surface area contributed by atoms with Crippen LogP contribution < -0.4 is 5.32 Å². The zero-order chi connectivity index (χ0) is 14.0. The Labute approximate surface area is 128 Å². The van der Waals surface area contributed by atoms with Crippen LogP contribution in [0.25, 0.3) is 0 Å². The van der Waals surface area contributed by atoms with Crippen molar-refractivity contribution >= 4 is 50.9 Å². The maximum absolute atomic E-state index is 12.0. The molecule has 0 saturated heterocycles. The van der Waals surface area contributed by atoms with Crippen LogP contribution in [0.15, 0.2) is 28.7 Å². The van der Waals surface area contributed by atoms with E-state index in [2.05, 4.69) is 31.2 Å². The lowest BCUT2D eigenvalue weighted by molar-refractivity contribution is 0.102. The Morgan fingerprint density at radius 3 is 2.42 bits per heavy atom. The Bertz CT molecular complexity index is 629. The summed E-state index contributed by atoms with van der Waals surface area (Å²) in [6.07, 6.45) is 0. The average molecular weight is 361 g/mol. The average Bonchev–Trinajstić information content (AvgIpc) is 2.32. The molecule has 1 N–H and O–H groups in total. The molecule has 2 rings (SSSR count). The minimum absolute atomic E-state index is 0.164. The van der Waals surface area contributed by atoms with E-state index in [-0.39, 0.29) is 16.2 Å². The van der Waals surface area contributed by atoms with E-state index in [1.54, 1.807) is 6.07 Å². The molecule has 4 nitrogen and oxygen atoms in total. The van der Waals surface area contributed by atoms with E-state index < -0.39 is 0 Å². The van der Waals surface area contributed by atoms with Crippen LogP contribution in [0.1, 0.15) is 16.1 Å². The summed E-state index contributed by atoms with van der Waals surface area (Å²) in [7, 11) is 0. The minimum Gasteiger partial charge on any atom is -0.307 e. The summed E-state index contributed by atoms with van der Waals surface area (Å²) in [5, 5.41) is 2.99. The highest BCUT2D eigenvalue weighted by atomic mass is 79.9. The van der Waals surface area contributed by atoms with E-state index in [1.807, 2.05) is 13.0 Å². The summed E-state index contributed by atoms with van der Waals surface area (Å²) in [6, 6.07) is 6.38.